The number of hydrogen-bond donors (Lipinski definition) is 6. The number of cyclic esters (lactones) is 1. The number of carbonyl (C=O) groups is 1. The van der Waals surface area contributed by atoms with E-state index in [4.69, 9.17) is 42.6 Å². The zero-order chi connectivity index (χ0) is 34.7. The average molecular weight is 689 g/mol. The third-order valence-corrected chi connectivity index (χ3v) is 9.23. The molecule has 16 nitrogen and oxygen atoms in total. The summed E-state index contributed by atoms with van der Waals surface area (Å²) in [7, 11) is 2.94. The predicted octanol–water partition coefficient (Wildman–Crippen LogP) is -0.0464. The molecule has 4 aliphatic heterocycles. The first-order chi connectivity index (χ1) is 23.6. The molecule has 10 unspecified atom stereocenters. The van der Waals surface area contributed by atoms with E-state index in [2.05, 4.69) is 0 Å². The van der Waals surface area contributed by atoms with Crippen molar-refractivity contribution in [2.24, 2.45) is 0 Å². The summed E-state index contributed by atoms with van der Waals surface area (Å²) in [6, 6.07) is 8.61. The number of ether oxygens (including phenoxy) is 9. The highest BCUT2D eigenvalue weighted by molar-refractivity contribution is 6.14. The van der Waals surface area contributed by atoms with Crippen LogP contribution in [0.3, 0.4) is 0 Å². The smallest absolute Gasteiger partial charge is 0.339 e. The Morgan fingerprint density at radius 3 is 2.18 bits per heavy atom. The van der Waals surface area contributed by atoms with E-state index in [-0.39, 0.29) is 24.7 Å². The Morgan fingerprint density at radius 1 is 0.776 bits per heavy atom. The van der Waals surface area contributed by atoms with Crippen LogP contribution in [0.25, 0.3) is 21.9 Å². The SMILES string of the molecule is COc1cc2c(OC3OC(C)C(OC4OC(CO)C(O)C(O)C4O)C(O)C3O)c3c(c(-c4ccc5c(c4)OCO5)c2cc1OC)C(=O)OC3. The van der Waals surface area contributed by atoms with Crippen molar-refractivity contribution in [1.29, 1.82) is 0 Å². The van der Waals surface area contributed by atoms with Crippen LogP contribution in [0.1, 0.15) is 22.8 Å². The first kappa shape index (κ1) is 33.5. The van der Waals surface area contributed by atoms with Crippen LogP contribution >= 0.6 is 0 Å². The summed E-state index contributed by atoms with van der Waals surface area (Å²) in [6.45, 7) is 0.720. The van der Waals surface area contributed by atoms with Gasteiger partial charge in [-0.2, -0.15) is 0 Å². The van der Waals surface area contributed by atoms with E-state index in [0.29, 0.717) is 50.5 Å². The van der Waals surface area contributed by atoms with Crippen molar-refractivity contribution < 1.29 is 78.1 Å². The van der Waals surface area contributed by atoms with Gasteiger partial charge in [-0.1, -0.05) is 6.07 Å². The lowest BCUT2D eigenvalue weighted by atomic mass is 9.89. The average Bonchev–Trinajstić information content (AvgIpc) is 3.74. The molecular weight excluding hydrogens is 652 g/mol. The van der Waals surface area contributed by atoms with Gasteiger partial charge in [0.2, 0.25) is 13.1 Å². The van der Waals surface area contributed by atoms with Crippen LogP contribution in [0.5, 0.6) is 28.7 Å². The maximum atomic E-state index is 13.4. The summed E-state index contributed by atoms with van der Waals surface area (Å²) in [5.74, 6) is 1.26. The number of carbonyl (C=O) groups excluding carboxylic acids is 1. The van der Waals surface area contributed by atoms with Crippen molar-refractivity contribution in [3.8, 4) is 39.9 Å². The zero-order valence-electron chi connectivity index (χ0n) is 26.5. The van der Waals surface area contributed by atoms with Crippen LogP contribution in [-0.4, -0.2) is 126 Å². The van der Waals surface area contributed by atoms with E-state index in [1.54, 1.807) is 30.3 Å². The van der Waals surface area contributed by atoms with Gasteiger partial charge in [0, 0.05) is 16.5 Å². The van der Waals surface area contributed by atoms with Gasteiger partial charge in [-0.25, -0.2) is 4.79 Å². The normalized spacial score (nSPS) is 32.1. The molecule has 2 fully saturated rings. The lowest BCUT2D eigenvalue weighted by molar-refractivity contribution is -0.348. The highest BCUT2D eigenvalue weighted by Crippen LogP contribution is 2.50. The third kappa shape index (κ3) is 5.58. The van der Waals surface area contributed by atoms with Gasteiger partial charge >= 0.3 is 5.97 Å². The Kier molecular flexibility index (Phi) is 8.93. The topological polar surface area (TPSA) is 222 Å². The molecule has 0 spiro atoms. The minimum atomic E-state index is -1.75. The molecule has 0 amide bonds. The van der Waals surface area contributed by atoms with Gasteiger partial charge in [0.1, 0.15) is 55.1 Å². The molecule has 3 aromatic rings. The van der Waals surface area contributed by atoms with Crippen LogP contribution in [0, 0.1) is 0 Å². The highest BCUT2D eigenvalue weighted by atomic mass is 16.7. The van der Waals surface area contributed by atoms with Crippen LogP contribution in [0.15, 0.2) is 30.3 Å². The summed E-state index contributed by atoms with van der Waals surface area (Å²) >= 11 is 0. The van der Waals surface area contributed by atoms with Crippen LogP contribution < -0.4 is 23.7 Å². The number of aliphatic hydroxyl groups is 6. The fraction of sp³-hybridized carbons (Fsp3) is 0.485. The predicted molar refractivity (Wildman–Crippen MR) is 163 cm³/mol. The monoisotopic (exact) mass is 688 g/mol. The fourth-order valence-electron chi connectivity index (χ4n) is 6.64. The molecule has 4 aliphatic rings. The van der Waals surface area contributed by atoms with Gasteiger partial charge in [-0.15, -0.1) is 0 Å². The minimum Gasteiger partial charge on any atom is -0.493 e. The number of esters is 1. The largest absolute Gasteiger partial charge is 0.493 e. The molecule has 3 aromatic carbocycles. The summed E-state index contributed by atoms with van der Waals surface area (Å²) in [5, 5.41) is 63.7. The first-order valence-electron chi connectivity index (χ1n) is 15.5. The molecule has 0 aromatic heterocycles. The Bertz CT molecular complexity index is 1740. The van der Waals surface area contributed by atoms with Crippen LogP contribution in [-0.2, 0) is 25.6 Å². The van der Waals surface area contributed by atoms with Gasteiger partial charge in [0.15, 0.2) is 29.3 Å². The molecule has 2 saturated heterocycles. The van der Waals surface area contributed by atoms with Gasteiger partial charge in [-0.05, 0) is 42.1 Å². The van der Waals surface area contributed by atoms with Crippen molar-refractivity contribution in [2.75, 3.05) is 27.6 Å². The number of benzene rings is 3. The van der Waals surface area contributed by atoms with Crippen molar-refractivity contribution in [2.45, 2.75) is 74.9 Å². The Labute approximate surface area is 278 Å². The van der Waals surface area contributed by atoms with Crippen molar-refractivity contribution in [1.82, 2.24) is 0 Å². The molecular formula is C33H36O16. The van der Waals surface area contributed by atoms with E-state index in [1.165, 1.54) is 21.1 Å². The first-order valence-corrected chi connectivity index (χ1v) is 15.5. The quantitative estimate of drug-likeness (QED) is 0.171. The number of aliphatic hydroxyl groups excluding tert-OH is 6. The molecule has 264 valence electrons. The standard InChI is InChI=1S/C33H36O16/c1-12-29(48-33-27(38)25(36)24(35)21(9-34)47-33)26(37)28(39)32(46-12)49-30-15-8-19(42-3)18(41-2)7-14(15)22(23-16(30)10-43-31(23)40)13-4-5-17-20(6-13)45-11-44-17/h4-8,12,21,24-29,32-39H,9-11H2,1-3H3. The van der Waals surface area contributed by atoms with Gasteiger partial charge in [-0.3, -0.25) is 0 Å². The molecule has 16 heteroatoms. The van der Waals surface area contributed by atoms with E-state index >= 15 is 0 Å². The van der Waals surface area contributed by atoms with Crippen molar-refractivity contribution in [3.05, 3.63) is 41.5 Å². The lowest BCUT2D eigenvalue weighted by Gasteiger charge is -2.45. The summed E-state index contributed by atoms with van der Waals surface area (Å²) in [6.07, 6.45) is -15.2. The van der Waals surface area contributed by atoms with E-state index in [1.807, 2.05) is 0 Å². The Morgan fingerprint density at radius 2 is 1.47 bits per heavy atom. The molecule has 6 N–H and O–H groups in total. The van der Waals surface area contributed by atoms with E-state index < -0.39 is 74.0 Å². The zero-order valence-corrected chi connectivity index (χ0v) is 26.5. The highest BCUT2D eigenvalue weighted by Gasteiger charge is 2.50. The Hall–Kier alpha value is -3.97. The second-order valence-electron chi connectivity index (χ2n) is 12.1. The number of methoxy groups -OCH3 is 2. The molecule has 7 rings (SSSR count). The molecule has 0 bridgehead atoms. The molecule has 0 saturated carbocycles. The summed E-state index contributed by atoms with van der Waals surface area (Å²) in [4.78, 5) is 13.4. The number of hydrogen-bond acceptors (Lipinski definition) is 16. The second kappa shape index (κ2) is 13.1. The molecule has 49 heavy (non-hydrogen) atoms. The van der Waals surface area contributed by atoms with Crippen LogP contribution in [0.2, 0.25) is 0 Å². The van der Waals surface area contributed by atoms with Crippen molar-refractivity contribution in [3.63, 3.8) is 0 Å². The molecule has 0 radical (unpaired) electrons. The lowest BCUT2D eigenvalue weighted by Crippen LogP contribution is -2.64. The summed E-state index contributed by atoms with van der Waals surface area (Å²) < 4.78 is 51.2. The second-order valence-corrected chi connectivity index (χ2v) is 12.1. The molecule has 4 heterocycles. The summed E-state index contributed by atoms with van der Waals surface area (Å²) in [5.41, 5.74) is 1.69. The van der Waals surface area contributed by atoms with E-state index in [0.717, 1.165) is 0 Å². The molecule has 10 atom stereocenters. The number of rotatable bonds is 8. The fourth-order valence-corrected chi connectivity index (χ4v) is 6.64. The maximum absolute atomic E-state index is 13.4. The van der Waals surface area contributed by atoms with Crippen LogP contribution in [0.4, 0.5) is 0 Å². The maximum Gasteiger partial charge on any atom is 0.339 e. The number of fused-ring (bicyclic) bond motifs is 3. The van der Waals surface area contributed by atoms with Gasteiger partial charge < -0.3 is 73.3 Å². The van der Waals surface area contributed by atoms with Gasteiger partial charge in [0.25, 0.3) is 0 Å². The Balaban J connectivity index is 1.26. The van der Waals surface area contributed by atoms with Gasteiger partial charge in [0.05, 0.1) is 32.5 Å². The minimum absolute atomic E-state index is 0.0554. The van der Waals surface area contributed by atoms with E-state index in [9.17, 15) is 35.4 Å². The third-order valence-electron chi connectivity index (χ3n) is 9.23. The molecule has 0 aliphatic carbocycles. The van der Waals surface area contributed by atoms with Crippen molar-refractivity contribution >= 4 is 16.7 Å².